The molecule has 0 atom stereocenters. The predicted molar refractivity (Wildman–Crippen MR) is 17.3 cm³/mol. The van der Waals surface area contributed by atoms with Crippen LogP contribution in [0.4, 0.5) is 0 Å². The Hall–Kier alpha value is 0.625. The molecule has 24 valence electrons. The standard InChI is InChI=1S/BHO3.Na.H/c2-1-4-3;;/h3H;;. The second-order valence-corrected chi connectivity index (χ2v) is 0.202. The van der Waals surface area contributed by atoms with Crippen LogP contribution in [0.2, 0.25) is 0 Å². The fraction of sp³-hybridized carbons (Fsp3) is 0. The van der Waals surface area contributed by atoms with Crippen LogP contribution in [-0.2, 0) is 9.51 Å². The van der Waals surface area contributed by atoms with Crippen LogP contribution in [0.3, 0.4) is 0 Å². The van der Waals surface area contributed by atoms with Crippen LogP contribution in [0.15, 0.2) is 0 Å². The van der Waals surface area contributed by atoms with E-state index in [-0.39, 0.29) is 36.9 Å². The van der Waals surface area contributed by atoms with Gasteiger partial charge in [-0.05, 0) is 0 Å². The molecule has 0 unspecified atom stereocenters. The van der Waals surface area contributed by atoms with E-state index >= 15 is 0 Å². The summed E-state index contributed by atoms with van der Waals surface area (Å²) in [5.74, 6) is 0. The zero-order valence-electron chi connectivity index (χ0n) is 1.84. The van der Waals surface area contributed by atoms with Crippen molar-refractivity contribution >= 4 is 36.9 Å². The Balaban J connectivity index is 0. The average Bonchev–Trinajstić information content (AvgIpc) is 1.37. The molecular formula is H2BNaO3. The van der Waals surface area contributed by atoms with Gasteiger partial charge in [-0.15, -0.1) is 0 Å². The van der Waals surface area contributed by atoms with Gasteiger partial charge in [-0.25, -0.2) is 0 Å². The third kappa shape index (κ3) is 12.1. The summed E-state index contributed by atoms with van der Waals surface area (Å²) in [6.45, 7) is 0. The summed E-state index contributed by atoms with van der Waals surface area (Å²) in [6.07, 6.45) is 0. The van der Waals surface area contributed by atoms with Gasteiger partial charge in [0.1, 0.15) is 0 Å². The van der Waals surface area contributed by atoms with Crippen molar-refractivity contribution in [3.05, 3.63) is 0 Å². The van der Waals surface area contributed by atoms with E-state index in [1.807, 2.05) is 0 Å². The normalized spacial score (nSPS) is 3.40. The van der Waals surface area contributed by atoms with Crippen LogP contribution in [0, 0.1) is 0 Å². The van der Waals surface area contributed by atoms with Gasteiger partial charge >= 0.3 is 51.7 Å². The SMILES string of the molecule is O=BOO.[NaH]. The van der Waals surface area contributed by atoms with Gasteiger partial charge in [-0.2, -0.15) is 0 Å². The van der Waals surface area contributed by atoms with E-state index in [1.165, 1.54) is 0 Å². The van der Waals surface area contributed by atoms with Crippen LogP contribution in [0.5, 0.6) is 0 Å². The molecule has 5 heteroatoms. The Kier molecular flexibility index (Phi) is 16.2. The number of hydrogen-bond acceptors (Lipinski definition) is 3. The molecule has 0 aromatic heterocycles. The van der Waals surface area contributed by atoms with E-state index in [9.17, 15) is 0 Å². The molecule has 0 rings (SSSR count). The van der Waals surface area contributed by atoms with E-state index in [1.54, 1.807) is 0 Å². The fourth-order valence-corrected chi connectivity index (χ4v) is 0. The molecule has 0 aromatic rings. The summed E-state index contributed by atoms with van der Waals surface area (Å²) in [6, 6.07) is 0. The third-order valence-corrected chi connectivity index (χ3v) is 0.0430. The molecule has 1 N–H and O–H groups in total. The Morgan fingerprint density at radius 1 is 1.80 bits per heavy atom. The zero-order valence-corrected chi connectivity index (χ0v) is 1.84. The molecule has 0 aliphatic rings. The number of hydrogen-bond donors (Lipinski definition) is 1. The maximum atomic E-state index is 8.70. The number of rotatable bonds is 1. The van der Waals surface area contributed by atoms with Gasteiger partial charge in [0, 0.05) is 0 Å². The first kappa shape index (κ1) is 9.16. The molecule has 0 aliphatic heterocycles. The molecule has 3 nitrogen and oxygen atoms in total. The molecular weight excluding hydrogens is 81.8 g/mol. The van der Waals surface area contributed by atoms with Gasteiger partial charge in [0.25, 0.3) is 0 Å². The summed E-state index contributed by atoms with van der Waals surface area (Å²) in [7, 11) is -0.0694. The summed E-state index contributed by atoms with van der Waals surface area (Å²) >= 11 is 0. The van der Waals surface area contributed by atoms with Gasteiger partial charge in [0.15, 0.2) is 0 Å². The van der Waals surface area contributed by atoms with Gasteiger partial charge in [-0.1, -0.05) is 0 Å². The fourth-order valence-electron chi connectivity index (χ4n) is 0. The Bertz CT molecular complexity index is 20.9. The summed E-state index contributed by atoms with van der Waals surface area (Å²) in [5.41, 5.74) is 0. The van der Waals surface area contributed by atoms with Crippen molar-refractivity contribution in [1.82, 2.24) is 0 Å². The first-order chi connectivity index (χ1) is 1.91. The van der Waals surface area contributed by atoms with E-state index in [0.717, 1.165) is 0 Å². The molecule has 0 radical (unpaired) electrons. The monoisotopic (exact) mass is 84.0 g/mol. The molecule has 0 saturated heterocycles. The zero-order chi connectivity index (χ0) is 3.41. The Morgan fingerprint density at radius 2 is 2.00 bits per heavy atom. The molecule has 0 saturated carbocycles. The van der Waals surface area contributed by atoms with Crippen LogP contribution in [-0.4, -0.2) is 42.2 Å². The molecule has 0 amide bonds. The summed E-state index contributed by atoms with van der Waals surface area (Å²) < 4.78 is 8.70. The van der Waals surface area contributed by atoms with Crippen LogP contribution in [0.25, 0.3) is 0 Å². The van der Waals surface area contributed by atoms with E-state index in [0.29, 0.717) is 0 Å². The second-order valence-electron chi connectivity index (χ2n) is 0.202. The van der Waals surface area contributed by atoms with Gasteiger partial charge < -0.3 is 0 Å². The molecule has 5 heavy (non-hydrogen) atoms. The van der Waals surface area contributed by atoms with E-state index in [2.05, 4.69) is 4.81 Å². The minimum absolute atomic E-state index is 0. The van der Waals surface area contributed by atoms with Crippen molar-refractivity contribution in [3.8, 4) is 0 Å². The third-order valence-electron chi connectivity index (χ3n) is 0.0430. The van der Waals surface area contributed by atoms with E-state index < -0.39 is 0 Å². The second kappa shape index (κ2) is 8.82. The van der Waals surface area contributed by atoms with Crippen LogP contribution >= 0.6 is 0 Å². The molecule has 0 bridgehead atoms. The minimum atomic E-state index is -0.0694. The summed E-state index contributed by atoms with van der Waals surface area (Å²) in [4.78, 5) is 2.86. The molecule has 0 heterocycles. The average molecular weight is 83.8 g/mol. The van der Waals surface area contributed by atoms with Gasteiger partial charge in [0.2, 0.25) is 0 Å². The van der Waals surface area contributed by atoms with Crippen molar-refractivity contribution in [3.63, 3.8) is 0 Å². The first-order valence-corrected chi connectivity index (χ1v) is 0.654. The van der Waals surface area contributed by atoms with Crippen molar-refractivity contribution in [1.29, 1.82) is 0 Å². The van der Waals surface area contributed by atoms with Crippen molar-refractivity contribution in [2.45, 2.75) is 0 Å². The molecule has 0 aliphatic carbocycles. The van der Waals surface area contributed by atoms with Crippen LogP contribution < -0.4 is 0 Å². The molecule has 0 aromatic carbocycles. The van der Waals surface area contributed by atoms with Crippen molar-refractivity contribution in [2.24, 2.45) is 0 Å². The van der Waals surface area contributed by atoms with E-state index in [4.69, 9.17) is 9.96 Å². The van der Waals surface area contributed by atoms with Gasteiger partial charge in [-0.3, -0.25) is 0 Å². The quantitative estimate of drug-likeness (QED) is 0.246. The van der Waals surface area contributed by atoms with Crippen molar-refractivity contribution in [2.75, 3.05) is 0 Å². The maximum absolute atomic E-state index is 8.70. The Labute approximate surface area is 51.8 Å². The molecule has 0 spiro atoms. The predicted octanol–water partition coefficient (Wildman–Crippen LogP) is -1.21. The molecule has 0 fully saturated rings. The first-order valence-electron chi connectivity index (χ1n) is 0.654. The summed E-state index contributed by atoms with van der Waals surface area (Å²) in [5, 5.41) is 7.01. The van der Waals surface area contributed by atoms with Gasteiger partial charge in [0.05, 0.1) is 0 Å². The topological polar surface area (TPSA) is 46.5 Å². The Morgan fingerprint density at radius 3 is 2.00 bits per heavy atom. The van der Waals surface area contributed by atoms with Crippen LogP contribution in [0.1, 0.15) is 0 Å². The van der Waals surface area contributed by atoms with Crippen molar-refractivity contribution < 1.29 is 14.8 Å².